The fourth-order valence-electron chi connectivity index (χ4n) is 1.33. The van der Waals surface area contributed by atoms with E-state index in [1.165, 1.54) is 0 Å². The minimum absolute atomic E-state index is 0.115. The number of rotatable bonds is 10. The van der Waals surface area contributed by atoms with Gasteiger partial charge in [0.25, 0.3) is 0 Å². The summed E-state index contributed by atoms with van der Waals surface area (Å²) < 4.78 is 28.4. The Morgan fingerprint density at radius 1 is 1.33 bits per heavy atom. The van der Waals surface area contributed by atoms with E-state index in [4.69, 9.17) is 15.9 Å². The van der Waals surface area contributed by atoms with Crippen molar-refractivity contribution in [3.63, 3.8) is 0 Å². The second-order valence-corrected chi connectivity index (χ2v) is 7.20. The molecule has 0 aliphatic carbocycles. The molecule has 6 nitrogen and oxygen atoms in total. The number of nitrogens with zero attached hydrogens (tertiary/aromatic N) is 1. The second-order valence-electron chi connectivity index (χ2n) is 4.53. The molecular formula is C11H25N3O3S. The van der Waals surface area contributed by atoms with Crippen molar-refractivity contribution in [1.29, 1.82) is 5.41 Å². The van der Waals surface area contributed by atoms with Gasteiger partial charge in [-0.25, -0.2) is 8.42 Å². The van der Waals surface area contributed by atoms with Crippen LogP contribution in [0.5, 0.6) is 0 Å². The molecular weight excluding hydrogens is 254 g/mol. The minimum atomic E-state index is -3.02. The van der Waals surface area contributed by atoms with Crippen molar-refractivity contribution >= 4 is 15.7 Å². The number of amidine groups is 1. The van der Waals surface area contributed by atoms with Gasteiger partial charge in [-0.15, -0.1) is 0 Å². The van der Waals surface area contributed by atoms with Crippen LogP contribution in [0.3, 0.4) is 0 Å². The highest BCUT2D eigenvalue weighted by atomic mass is 32.2. The highest BCUT2D eigenvalue weighted by molar-refractivity contribution is 7.92. The molecule has 0 aromatic rings. The second kappa shape index (κ2) is 8.44. The van der Waals surface area contributed by atoms with Gasteiger partial charge >= 0.3 is 0 Å². The predicted molar refractivity (Wildman–Crippen MR) is 73.8 cm³/mol. The van der Waals surface area contributed by atoms with Gasteiger partial charge in [0.05, 0.1) is 23.4 Å². The predicted octanol–water partition coefficient (Wildman–Crippen LogP) is 0.0841. The van der Waals surface area contributed by atoms with Crippen LogP contribution in [0.2, 0.25) is 0 Å². The Hall–Kier alpha value is -0.660. The molecule has 18 heavy (non-hydrogen) atoms. The maximum absolute atomic E-state index is 11.7. The van der Waals surface area contributed by atoms with Gasteiger partial charge in [0.15, 0.2) is 9.84 Å². The number of hydrogen-bond donors (Lipinski definition) is 2. The Morgan fingerprint density at radius 3 is 2.39 bits per heavy atom. The first-order valence-corrected chi connectivity index (χ1v) is 7.77. The maximum atomic E-state index is 11.7. The molecule has 0 amide bonds. The van der Waals surface area contributed by atoms with Gasteiger partial charge in [-0.1, -0.05) is 0 Å². The van der Waals surface area contributed by atoms with Gasteiger partial charge in [0, 0.05) is 33.2 Å². The molecule has 0 atom stereocenters. The average molecular weight is 279 g/mol. The Balaban J connectivity index is 4.27. The summed E-state index contributed by atoms with van der Waals surface area (Å²) in [5.41, 5.74) is 5.31. The number of nitrogens with two attached hydrogens (primary N) is 1. The van der Waals surface area contributed by atoms with Crippen LogP contribution in [0.4, 0.5) is 0 Å². The molecule has 3 N–H and O–H groups in total. The molecule has 0 rings (SSSR count). The van der Waals surface area contributed by atoms with Crippen LogP contribution in [0.15, 0.2) is 0 Å². The van der Waals surface area contributed by atoms with E-state index in [0.717, 1.165) is 0 Å². The van der Waals surface area contributed by atoms with Crippen LogP contribution < -0.4 is 5.73 Å². The Labute approximate surface area is 110 Å². The lowest BCUT2D eigenvalue weighted by Crippen LogP contribution is -2.36. The third kappa shape index (κ3) is 7.62. The highest BCUT2D eigenvalue weighted by Gasteiger charge is 2.17. The topological polar surface area (TPSA) is 96.5 Å². The fourth-order valence-corrected chi connectivity index (χ4v) is 2.31. The summed E-state index contributed by atoms with van der Waals surface area (Å²) in [5.74, 6) is 0.246. The van der Waals surface area contributed by atoms with Crippen molar-refractivity contribution in [2.24, 2.45) is 5.73 Å². The van der Waals surface area contributed by atoms with E-state index in [-0.39, 0.29) is 16.8 Å². The summed E-state index contributed by atoms with van der Waals surface area (Å²) >= 11 is 0. The molecule has 0 unspecified atom stereocenters. The molecule has 0 spiro atoms. The summed E-state index contributed by atoms with van der Waals surface area (Å²) in [7, 11) is -1.42. The number of sulfone groups is 1. The fraction of sp³-hybridized carbons (Fsp3) is 0.909. The van der Waals surface area contributed by atoms with Crippen molar-refractivity contribution in [2.75, 3.05) is 39.1 Å². The summed E-state index contributed by atoms with van der Waals surface area (Å²) in [6.45, 7) is 5.61. The third-order valence-electron chi connectivity index (χ3n) is 2.72. The maximum Gasteiger partial charge on any atom is 0.153 e. The van der Waals surface area contributed by atoms with Crippen LogP contribution in [-0.4, -0.2) is 63.5 Å². The van der Waals surface area contributed by atoms with E-state index in [1.807, 2.05) is 4.90 Å². The van der Waals surface area contributed by atoms with Gasteiger partial charge in [-0.05, 0) is 13.8 Å². The molecule has 0 aromatic heterocycles. The standard InChI is InChI=1S/C11H25N3O3S/c1-10(2)18(15,16)9-7-14(6-8-17-3)5-4-11(12)13/h10H,4-9H2,1-3H3,(H3,12,13). The number of methoxy groups -OCH3 is 1. The van der Waals surface area contributed by atoms with E-state index in [2.05, 4.69) is 0 Å². The lowest BCUT2D eigenvalue weighted by atomic mass is 10.3. The van der Waals surface area contributed by atoms with Crippen molar-refractivity contribution < 1.29 is 13.2 Å². The van der Waals surface area contributed by atoms with E-state index in [0.29, 0.717) is 32.7 Å². The lowest BCUT2D eigenvalue weighted by Gasteiger charge is -2.22. The molecule has 0 aliphatic heterocycles. The zero-order valence-electron chi connectivity index (χ0n) is 11.5. The molecule has 0 bridgehead atoms. The molecule has 0 heterocycles. The monoisotopic (exact) mass is 279 g/mol. The van der Waals surface area contributed by atoms with E-state index < -0.39 is 9.84 Å². The number of nitrogens with one attached hydrogen (secondary N) is 1. The van der Waals surface area contributed by atoms with Gasteiger partial charge in [0.2, 0.25) is 0 Å². The van der Waals surface area contributed by atoms with Crippen molar-refractivity contribution in [1.82, 2.24) is 4.90 Å². The van der Waals surface area contributed by atoms with E-state index >= 15 is 0 Å². The molecule has 0 aliphatic rings. The molecule has 0 radical (unpaired) electrons. The quantitative estimate of drug-likeness (QED) is 0.436. The van der Waals surface area contributed by atoms with E-state index in [9.17, 15) is 8.42 Å². The Morgan fingerprint density at radius 2 is 1.94 bits per heavy atom. The summed E-state index contributed by atoms with van der Waals surface area (Å²) in [5, 5.41) is 6.84. The zero-order chi connectivity index (χ0) is 14.2. The number of ether oxygens (including phenoxy) is 1. The van der Waals surface area contributed by atoms with E-state index in [1.54, 1.807) is 21.0 Å². The van der Waals surface area contributed by atoms with Crippen LogP contribution >= 0.6 is 0 Å². The molecule has 0 fully saturated rings. The molecule has 0 aromatic carbocycles. The molecule has 0 saturated heterocycles. The SMILES string of the molecule is COCCN(CCC(=N)N)CCS(=O)(=O)C(C)C. The normalized spacial score (nSPS) is 12.3. The van der Waals surface area contributed by atoms with Crippen molar-refractivity contribution in [3.05, 3.63) is 0 Å². The van der Waals surface area contributed by atoms with Gasteiger partial charge in [0.1, 0.15) is 0 Å². The first kappa shape index (κ1) is 17.3. The van der Waals surface area contributed by atoms with Gasteiger partial charge in [-0.2, -0.15) is 0 Å². The lowest BCUT2D eigenvalue weighted by molar-refractivity contribution is 0.153. The Kier molecular flexibility index (Phi) is 8.13. The molecule has 0 saturated carbocycles. The first-order valence-electron chi connectivity index (χ1n) is 6.05. The van der Waals surface area contributed by atoms with Crippen LogP contribution in [-0.2, 0) is 14.6 Å². The zero-order valence-corrected chi connectivity index (χ0v) is 12.3. The molecule has 108 valence electrons. The van der Waals surface area contributed by atoms with Gasteiger partial charge in [-0.3, -0.25) is 10.3 Å². The highest BCUT2D eigenvalue weighted by Crippen LogP contribution is 2.02. The largest absolute Gasteiger partial charge is 0.388 e. The Bertz CT molecular complexity index is 341. The average Bonchev–Trinajstić information content (AvgIpc) is 2.27. The smallest absolute Gasteiger partial charge is 0.153 e. The summed E-state index contributed by atoms with van der Waals surface area (Å²) in [6, 6.07) is 0. The summed E-state index contributed by atoms with van der Waals surface area (Å²) in [4.78, 5) is 1.96. The van der Waals surface area contributed by atoms with Crippen LogP contribution in [0.25, 0.3) is 0 Å². The van der Waals surface area contributed by atoms with Crippen LogP contribution in [0.1, 0.15) is 20.3 Å². The number of hydrogen-bond acceptors (Lipinski definition) is 5. The van der Waals surface area contributed by atoms with Gasteiger partial charge < -0.3 is 10.5 Å². The minimum Gasteiger partial charge on any atom is -0.388 e. The first-order chi connectivity index (χ1) is 8.29. The van der Waals surface area contributed by atoms with Crippen LogP contribution in [0, 0.1) is 5.41 Å². The summed E-state index contributed by atoms with van der Waals surface area (Å²) in [6.07, 6.45) is 0.450. The molecule has 7 heteroatoms. The van der Waals surface area contributed by atoms with Crippen molar-refractivity contribution in [2.45, 2.75) is 25.5 Å². The van der Waals surface area contributed by atoms with Crippen molar-refractivity contribution in [3.8, 4) is 0 Å². The third-order valence-corrected chi connectivity index (χ3v) is 4.91.